The number of hydrogen-bond acceptors (Lipinski definition) is 6. The van der Waals surface area contributed by atoms with Gasteiger partial charge in [-0.05, 0) is 48.9 Å². The molecule has 0 saturated carbocycles. The monoisotopic (exact) mass is 393 g/mol. The van der Waals surface area contributed by atoms with Crippen LogP contribution in [0.15, 0.2) is 54.7 Å². The smallest absolute Gasteiger partial charge is 0.255 e. The number of aryl methyl sites for hydroxylation is 1. The van der Waals surface area contributed by atoms with Crippen LogP contribution < -0.4 is 24.8 Å². The van der Waals surface area contributed by atoms with Crippen LogP contribution in [-0.2, 0) is 0 Å². The highest BCUT2D eigenvalue weighted by Gasteiger charge is 2.11. The normalized spacial score (nSPS) is 10.2. The quantitative estimate of drug-likeness (QED) is 0.619. The molecule has 2 aromatic carbocycles. The SMILES string of the molecule is COc1ccc(C)cc1Nc1cc(C(=O)Nc2ccc(OC)c(OC)c2)ccn1. The van der Waals surface area contributed by atoms with Gasteiger partial charge < -0.3 is 24.8 Å². The number of hydrogen-bond donors (Lipinski definition) is 2. The van der Waals surface area contributed by atoms with E-state index < -0.39 is 0 Å². The summed E-state index contributed by atoms with van der Waals surface area (Å²) in [5.41, 5.74) is 2.91. The average molecular weight is 393 g/mol. The predicted molar refractivity (Wildman–Crippen MR) is 113 cm³/mol. The Bertz CT molecular complexity index is 1020. The fraction of sp³-hybridized carbons (Fsp3) is 0.182. The Kier molecular flexibility index (Phi) is 6.19. The molecule has 0 radical (unpaired) electrons. The number of rotatable bonds is 7. The number of nitrogens with zero attached hydrogens (tertiary/aromatic N) is 1. The van der Waals surface area contributed by atoms with Crippen molar-refractivity contribution in [1.82, 2.24) is 4.98 Å². The van der Waals surface area contributed by atoms with Crippen molar-refractivity contribution < 1.29 is 19.0 Å². The molecule has 3 aromatic rings. The van der Waals surface area contributed by atoms with Gasteiger partial charge >= 0.3 is 0 Å². The van der Waals surface area contributed by atoms with Crippen molar-refractivity contribution in [2.24, 2.45) is 0 Å². The molecule has 0 saturated heterocycles. The van der Waals surface area contributed by atoms with Crippen LogP contribution in [0.4, 0.5) is 17.2 Å². The summed E-state index contributed by atoms with van der Waals surface area (Å²) in [6.45, 7) is 1.99. The van der Waals surface area contributed by atoms with E-state index in [1.54, 1.807) is 57.9 Å². The van der Waals surface area contributed by atoms with Gasteiger partial charge in [0.1, 0.15) is 11.6 Å². The lowest BCUT2D eigenvalue weighted by molar-refractivity contribution is 0.102. The molecule has 7 heteroatoms. The van der Waals surface area contributed by atoms with Gasteiger partial charge in [0.2, 0.25) is 0 Å². The van der Waals surface area contributed by atoms with E-state index in [4.69, 9.17) is 14.2 Å². The van der Waals surface area contributed by atoms with Crippen LogP contribution in [0.2, 0.25) is 0 Å². The Morgan fingerprint density at radius 2 is 1.59 bits per heavy atom. The van der Waals surface area contributed by atoms with Crippen molar-refractivity contribution in [3.05, 3.63) is 65.9 Å². The van der Waals surface area contributed by atoms with E-state index in [0.29, 0.717) is 34.3 Å². The molecule has 0 fully saturated rings. The maximum atomic E-state index is 12.7. The van der Waals surface area contributed by atoms with Gasteiger partial charge in [0.05, 0.1) is 27.0 Å². The highest BCUT2D eigenvalue weighted by atomic mass is 16.5. The Balaban J connectivity index is 1.79. The molecule has 1 amide bonds. The number of nitrogens with one attached hydrogen (secondary N) is 2. The third kappa shape index (κ3) is 4.76. The minimum atomic E-state index is -0.265. The van der Waals surface area contributed by atoms with Crippen molar-refractivity contribution >= 4 is 23.1 Å². The second-order valence-electron chi connectivity index (χ2n) is 6.28. The Morgan fingerprint density at radius 3 is 2.31 bits per heavy atom. The third-order valence-electron chi connectivity index (χ3n) is 4.28. The van der Waals surface area contributed by atoms with Gasteiger partial charge in [-0.3, -0.25) is 4.79 Å². The molecular weight excluding hydrogens is 370 g/mol. The number of ether oxygens (including phenoxy) is 3. The molecule has 0 spiro atoms. The maximum Gasteiger partial charge on any atom is 0.255 e. The van der Waals surface area contributed by atoms with Crippen molar-refractivity contribution in [2.45, 2.75) is 6.92 Å². The summed E-state index contributed by atoms with van der Waals surface area (Å²) >= 11 is 0. The van der Waals surface area contributed by atoms with Gasteiger partial charge in [0.15, 0.2) is 11.5 Å². The molecule has 0 aliphatic heterocycles. The molecule has 0 unspecified atom stereocenters. The average Bonchev–Trinajstić information content (AvgIpc) is 2.74. The van der Waals surface area contributed by atoms with Gasteiger partial charge in [-0.15, -0.1) is 0 Å². The zero-order valence-electron chi connectivity index (χ0n) is 16.8. The number of aromatic nitrogens is 1. The van der Waals surface area contributed by atoms with Gasteiger partial charge in [-0.25, -0.2) is 4.98 Å². The minimum Gasteiger partial charge on any atom is -0.495 e. The van der Waals surface area contributed by atoms with E-state index >= 15 is 0 Å². The van der Waals surface area contributed by atoms with Gasteiger partial charge in [-0.2, -0.15) is 0 Å². The van der Waals surface area contributed by atoms with Crippen molar-refractivity contribution in [1.29, 1.82) is 0 Å². The van der Waals surface area contributed by atoms with Crippen LogP contribution in [0.25, 0.3) is 0 Å². The van der Waals surface area contributed by atoms with Crippen LogP contribution in [-0.4, -0.2) is 32.2 Å². The molecule has 0 aliphatic rings. The largest absolute Gasteiger partial charge is 0.495 e. The second kappa shape index (κ2) is 8.97. The van der Waals surface area contributed by atoms with Crippen molar-refractivity contribution in [3.8, 4) is 17.2 Å². The molecular formula is C22H23N3O4. The Labute approximate surface area is 169 Å². The standard InChI is InChI=1S/C22H23N3O4/c1-14-5-7-18(27-2)17(11-14)25-21-12-15(9-10-23-21)22(26)24-16-6-8-19(28-3)20(13-16)29-4/h5-13H,1-4H3,(H,23,25)(H,24,26). The van der Waals surface area contributed by atoms with E-state index in [2.05, 4.69) is 15.6 Å². The number of methoxy groups -OCH3 is 3. The summed E-state index contributed by atoms with van der Waals surface area (Å²) in [5.74, 6) is 2.09. The first-order valence-electron chi connectivity index (χ1n) is 8.95. The van der Waals surface area contributed by atoms with Gasteiger partial charge in [-0.1, -0.05) is 6.07 Å². The summed E-state index contributed by atoms with van der Waals surface area (Å²) in [6.07, 6.45) is 1.58. The molecule has 29 heavy (non-hydrogen) atoms. The summed E-state index contributed by atoms with van der Waals surface area (Å²) in [7, 11) is 4.71. The number of benzene rings is 2. The Morgan fingerprint density at radius 1 is 0.862 bits per heavy atom. The topological polar surface area (TPSA) is 81.7 Å². The summed E-state index contributed by atoms with van der Waals surface area (Å²) in [5, 5.41) is 6.06. The minimum absolute atomic E-state index is 0.265. The number of carbonyl (C=O) groups excluding carboxylic acids is 1. The third-order valence-corrected chi connectivity index (χ3v) is 4.28. The summed E-state index contributed by atoms with van der Waals surface area (Å²) < 4.78 is 15.9. The first-order chi connectivity index (χ1) is 14.0. The number of pyridine rings is 1. The predicted octanol–water partition coefficient (Wildman–Crippen LogP) is 4.41. The van der Waals surface area contributed by atoms with E-state index in [0.717, 1.165) is 11.3 Å². The molecule has 150 valence electrons. The summed E-state index contributed by atoms with van der Waals surface area (Å²) in [4.78, 5) is 17.0. The zero-order chi connectivity index (χ0) is 20.8. The lowest BCUT2D eigenvalue weighted by Crippen LogP contribution is -2.12. The molecule has 3 rings (SSSR count). The van der Waals surface area contributed by atoms with Crippen LogP contribution in [0.1, 0.15) is 15.9 Å². The van der Waals surface area contributed by atoms with E-state index in [9.17, 15) is 4.79 Å². The van der Waals surface area contributed by atoms with Crippen molar-refractivity contribution in [2.75, 3.05) is 32.0 Å². The van der Waals surface area contributed by atoms with Crippen LogP contribution in [0.3, 0.4) is 0 Å². The molecule has 2 N–H and O–H groups in total. The lowest BCUT2D eigenvalue weighted by Gasteiger charge is -2.13. The first kappa shape index (κ1) is 20.0. The van der Waals surface area contributed by atoms with E-state index in [1.807, 2.05) is 25.1 Å². The van der Waals surface area contributed by atoms with Crippen LogP contribution >= 0.6 is 0 Å². The summed E-state index contributed by atoms with van der Waals surface area (Å²) in [6, 6.07) is 14.3. The van der Waals surface area contributed by atoms with Crippen molar-refractivity contribution in [3.63, 3.8) is 0 Å². The zero-order valence-corrected chi connectivity index (χ0v) is 16.8. The first-order valence-corrected chi connectivity index (χ1v) is 8.95. The van der Waals surface area contributed by atoms with E-state index in [1.165, 1.54) is 0 Å². The second-order valence-corrected chi connectivity index (χ2v) is 6.28. The highest BCUT2D eigenvalue weighted by Crippen LogP contribution is 2.30. The highest BCUT2D eigenvalue weighted by molar-refractivity contribution is 6.04. The maximum absolute atomic E-state index is 12.7. The van der Waals surface area contributed by atoms with Crippen LogP contribution in [0.5, 0.6) is 17.2 Å². The number of amides is 1. The lowest BCUT2D eigenvalue weighted by atomic mass is 10.2. The molecule has 0 bridgehead atoms. The molecule has 1 heterocycles. The Hall–Kier alpha value is -3.74. The number of anilines is 3. The fourth-order valence-corrected chi connectivity index (χ4v) is 2.81. The molecule has 0 atom stereocenters. The molecule has 1 aromatic heterocycles. The number of carbonyl (C=O) groups is 1. The molecule has 0 aliphatic carbocycles. The van der Waals surface area contributed by atoms with Gasteiger partial charge in [0, 0.05) is 23.5 Å². The van der Waals surface area contributed by atoms with Crippen LogP contribution in [0, 0.1) is 6.92 Å². The molecule has 7 nitrogen and oxygen atoms in total. The fourth-order valence-electron chi connectivity index (χ4n) is 2.81. The van der Waals surface area contributed by atoms with Gasteiger partial charge in [0.25, 0.3) is 5.91 Å². The van der Waals surface area contributed by atoms with E-state index in [-0.39, 0.29) is 5.91 Å².